The van der Waals surface area contributed by atoms with E-state index in [9.17, 15) is 9.59 Å². The summed E-state index contributed by atoms with van der Waals surface area (Å²) in [5, 5.41) is 9.46. The summed E-state index contributed by atoms with van der Waals surface area (Å²) < 4.78 is 0. The van der Waals surface area contributed by atoms with Crippen LogP contribution in [0.15, 0.2) is 0 Å². The van der Waals surface area contributed by atoms with E-state index in [1.54, 1.807) is 0 Å². The molecular formula is C19H33ClN4O2. The molecule has 2 atom stereocenters. The van der Waals surface area contributed by atoms with Gasteiger partial charge in [0.25, 0.3) is 0 Å². The molecule has 2 saturated carbocycles. The Morgan fingerprint density at radius 3 is 1.92 bits per heavy atom. The lowest BCUT2D eigenvalue weighted by molar-refractivity contribution is -0.123. The maximum Gasteiger partial charge on any atom is 0.315 e. The third kappa shape index (κ3) is 5.03. The van der Waals surface area contributed by atoms with E-state index in [2.05, 4.69) is 20.9 Å². The van der Waals surface area contributed by atoms with Gasteiger partial charge in [0, 0.05) is 30.2 Å². The molecule has 2 saturated heterocycles. The van der Waals surface area contributed by atoms with Crippen LogP contribution in [0, 0.1) is 0 Å². The molecule has 0 aromatic carbocycles. The van der Waals surface area contributed by atoms with Gasteiger partial charge in [0.05, 0.1) is 6.54 Å². The van der Waals surface area contributed by atoms with Crippen LogP contribution in [0.5, 0.6) is 0 Å². The SMILES string of the molecule is Cl.O=C(CN1C2CCC1CC(NC(=O)NC1CCCCC1)C2)NC1CC1. The van der Waals surface area contributed by atoms with Crippen molar-refractivity contribution in [2.45, 2.75) is 101 Å². The fourth-order valence-electron chi connectivity index (χ4n) is 4.98. The number of hydrogen-bond donors (Lipinski definition) is 3. The van der Waals surface area contributed by atoms with Crippen molar-refractivity contribution < 1.29 is 9.59 Å². The van der Waals surface area contributed by atoms with Gasteiger partial charge >= 0.3 is 6.03 Å². The third-order valence-electron chi connectivity index (χ3n) is 6.43. The Kier molecular flexibility index (Phi) is 6.67. The second-order valence-corrected chi connectivity index (χ2v) is 8.52. The zero-order chi connectivity index (χ0) is 17.2. The number of urea groups is 1. The molecular weight excluding hydrogens is 352 g/mol. The average Bonchev–Trinajstić information content (AvgIpc) is 3.35. The van der Waals surface area contributed by atoms with Crippen LogP contribution in [0.25, 0.3) is 0 Å². The van der Waals surface area contributed by atoms with Crippen molar-refractivity contribution in [3.8, 4) is 0 Å². The van der Waals surface area contributed by atoms with Gasteiger partial charge in [-0.05, 0) is 51.4 Å². The standard InChI is InChI=1S/C19H32N4O2.ClH/c24-18(20-14-6-7-14)12-23-16-8-9-17(23)11-15(10-16)22-19(25)21-13-4-2-1-3-5-13;/h13-17H,1-12H2,(H,20,24)(H2,21,22,25);1H. The van der Waals surface area contributed by atoms with Crippen molar-refractivity contribution in [2.75, 3.05) is 6.54 Å². The molecule has 2 bridgehead atoms. The number of fused-ring (bicyclic) bond motifs is 2. The summed E-state index contributed by atoms with van der Waals surface area (Å²) in [5.74, 6) is 0.181. The molecule has 7 heteroatoms. The molecule has 2 unspecified atom stereocenters. The van der Waals surface area contributed by atoms with Gasteiger partial charge in [-0.25, -0.2) is 4.79 Å². The Hall–Kier alpha value is -1.01. The van der Waals surface area contributed by atoms with Crippen molar-refractivity contribution in [3.63, 3.8) is 0 Å². The van der Waals surface area contributed by atoms with Gasteiger partial charge in [0.15, 0.2) is 0 Å². The van der Waals surface area contributed by atoms with E-state index in [4.69, 9.17) is 0 Å². The largest absolute Gasteiger partial charge is 0.352 e. The van der Waals surface area contributed by atoms with Crippen LogP contribution in [-0.4, -0.2) is 53.6 Å². The van der Waals surface area contributed by atoms with Gasteiger partial charge in [-0.2, -0.15) is 0 Å². The molecule has 4 aliphatic rings. The summed E-state index contributed by atoms with van der Waals surface area (Å²) in [7, 11) is 0. The molecule has 0 spiro atoms. The Morgan fingerprint density at radius 1 is 0.731 bits per heavy atom. The van der Waals surface area contributed by atoms with Gasteiger partial charge in [0.1, 0.15) is 0 Å². The number of rotatable bonds is 5. The number of carbonyl (C=O) groups is 2. The van der Waals surface area contributed by atoms with Crippen LogP contribution in [0.2, 0.25) is 0 Å². The monoisotopic (exact) mass is 384 g/mol. The molecule has 2 aliphatic heterocycles. The van der Waals surface area contributed by atoms with Crippen LogP contribution in [0.1, 0.15) is 70.6 Å². The molecule has 2 heterocycles. The van der Waals surface area contributed by atoms with Crippen LogP contribution in [0.4, 0.5) is 4.79 Å². The van der Waals surface area contributed by atoms with Gasteiger partial charge in [-0.1, -0.05) is 19.3 Å². The number of halogens is 1. The Labute approximate surface area is 162 Å². The maximum absolute atomic E-state index is 12.3. The zero-order valence-electron chi connectivity index (χ0n) is 15.5. The highest BCUT2D eigenvalue weighted by Gasteiger charge is 2.42. The van der Waals surface area contributed by atoms with Crippen LogP contribution in [0.3, 0.4) is 0 Å². The number of piperidine rings is 1. The van der Waals surface area contributed by atoms with Crippen LogP contribution >= 0.6 is 12.4 Å². The number of nitrogens with zero attached hydrogens (tertiary/aromatic N) is 1. The topological polar surface area (TPSA) is 73.5 Å². The number of amides is 3. The minimum Gasteiger partial charge on any atom is -0.352 e. The lowest BCUT2D eigenvalue weighted by atomic mass is 9.95. The van der Waals surface area contributed by atoms with Gasteiger partial charge in [-0.15, -0.1) is 12.4 Å². The number of hydrogen-bond acceptors (Lipinski definition) is 3. The van der Waals surface area contributed by atoms with E-state index in [0.29, 0.717) is 30.7 Å². The van der Waals surface area contributed by atoms with Crippen molar-refractivity contribution in [2.24, 2.45) is 0 Å². The van der Waals surface area contributed by atoms with Crippen molar-refractivity contribution in [1.29, 1.82) is 0 Å². The highest BCUT2D eigenvalue weighted by Crippen LogP contribution is 2.35. The fraction of sp³-hybridized carbons (Fsp3) is 0.895. The molecule has 6 nitrogen and oxygen atoms in total. The second-order valence-electron chi connectivity index (χ2n) is 8.52. The van der Waals surface area contributed by atoms with E-state index in [1.165, 1.54) is 19.3 Å². The van der Waals surface area contributed by atoms with Crippen molar-refractivity contribution in [1.82, 2.24) is 20.9 Å². The first kappa shape index (κ1) is 19.7. The lowest BCUT2D eigenvalue weighted by Gasteiger charge is -2.39. The first-order valence-electron chi connectivity index (χ1n) is 10.3. The normalized spacial score (nSPS) is 31.8. The fourth-order valence-corrected chi connectivity index (χ4v) is 4.98. The van der Waals surface area contributed by atoms with E-state index < -0.39 is 0 Å². The first-order chi connectivity index (χ1) is 12.2. The molecule has 3 N–H and O–H groups in total. The average molecular weight is 385 g/mol. The number of carbonyl (C=O) groups excluding carboxylic acids is 2. The summed E-state index contributed by atoms with van der Waals surface area (Å²) in [6.07, 6.45) is 12.6. The molecule has 4 rings (SSSR count). The quantitative estimate of drug-likeness (QED) is 0.681. The molecule has 3 amide bonds. The first-order valence-corrected chi connectivity index (χ1v) is 10.3. The van der Waals surface area contributed by atoms with Crippen LogP contribution < -0.4 is 16.0 Å². The summed E-state index contributed by atoms with van der Waals surface area (Å²) in [6, 6.07) is 1.96. The predicted molar refractivity (Wildman–Crippen MR) is 103 cm³/mol. The van der Waals surface area contributed by atoms with E-state index in [1.807, 2.05) is 0 Å². The molecule has 4 fully saturated rings. The van der Waals surface area contributed by atoms with E-state index in [-0.39, 0.29) is 30.4 Å². The smallest absolute Gasteiger partial charge is 0.315 e. The van der Waals surface area contributed by atoms with Crippen LogP contribution in [-0.2, 0) is 4.79 Å². The minimum atomic E-state index is 0. The van der Waals surface area contributed by atoms with Gasteiger partial charge < -0.3 is 16.0 Å². The minimum absolute atomic E-state index is 0. The summed E-state index contributed by atoms with van der Waals surface area (Å²) in [5.41, 5.74) is 0. The molecule has 0 radical (unpaired) electrons. The third-order valence-corrected chi connectivity index (χ3v) is 6.43. The van der Waals surface area contributed by atoms with Crippen molar-refractivity contribution >= 4 is 24.3 Å². The molecule has 0 aromatic heterocycles. The van der Waals surface area contributed by atoms with E-state index in [0.717, 1.165) is 51.4 Å². The molecule has 2 aliphatic carbocycles. The second kappa shape index (κ2) is 8.79. The molecule has 148 valence electrons. The maximum atomic E-state index is 12.3. The van der Waals surface area contributed by atoms with E-state index >= 15 is 0 Å². The Balaban J connectivity index is 0.00000196. The molecule has 0 aromatic rings. The summed E-state index contributed by atoms with van der Waals surface area (Å²) >= 11 is 0. The Bertz CT molecular complexity index is 494. The summed E-state index contributed by atoms with van der Waals surface area (Å²) in [6.45, 7) is 0.535. The Morgan fingerprint density at radius 2 is 1.31 bits per heavy atom. The highest BCUT2D eigenvalue weighted by atomic mass is 35.5. The predicted octanol–water partition coefficient (Wildman–Crippen LogP) is 2.31. The van der Waals surface area contributed by atoms with Gasteiger partial charge in [0.2, 0.25) is 5.91 Å². The summed E-state index contributed by atoms with van der Waals surface area (Å²) in [4.78, 5) is 26.8. The van der Waals surface area contributed by atoms with Crippen molar-refractivity contribution in [3.05, 3.63) is 0 Å². The number of nitrogens with one attached hydrogen (secondary N) is 3. The lowest BCUT2D eigenvalue weighted by Crippen LogP contribution is -2.55. The molecule has 26 heavy (non-hydrogen) atoms. The zero-order valence-corrected chi connectivity index (χ0v) is 16.4. The highest BCUT2D eigenvalue weighted by molar-refractivity contribution is 5.85. The van der Waals surface area contributed by atoms with Gasteiger partial charge in [-0.3, -0.25) is 9.69 Å².